The van der Waals surface area contributed by atoms with E-state index in [1.807, 2.05) is 19.1 Å². The largest absolute Gasteiger partial charge is 0.497 e. The van der Waals surface area contributed by atoms with Crippen LogP contribution in [0.1, 0.15) is 6.92 Å². The molecule has 0 fully saturated rings. The maximum Gasteiger partial charge on any atom is 0.118 e. The zero-order valence-electron chi connectivity index (χ0n) is 6.29. The quantitative estimate of drug-likeness (QED) is 0.375. The Labute approximate surface area is 67.5 Å². The van der Waals surface area contributed by atoms with E-state index in [1.165, 1.54) is 0 Å². The molecule has 2 heteroatoms. The van der Waals surface area contributed by atoms with Crippen molar-refractivity contribution >= 4 is 12.6 Å². The van der Waals surface area contributed by atoms with Crippen molar-refractivity contribution in [2.75, 3.05) is 7.11 Å². The average Bonchev–Trinajstić information content (AvgIpc) is 1.90. The van der Waals surface area contributed by atoms with E-state index in [-0.39, 0.29) is 0 Å². The Balaban J connectivity index is 4.12. The Bertz CT molecular complexity index is 164. The molecule has 0 unspecified atom stereocenters. The van der Waals surface area contributed by atoms with Crippen LogP contribution in [0.25, 0.3) is 0 Å². The topological polar surface area (TPSA) is 9.23 Å². The van der Waals surface area contributed by atoms with Crippen LogP contribution < -0.4 is 0 Å². The van der Waals surface area contributed by atoms with Gasteiger partial charge in [0.15, 0.2) is 0 Å². The minimum atomic E-state index is 0.744. The number of hydrogen-bond donors (Lipinski definition) is 1. The van der Waals surface area contributed by atoms with Crippen LogP contribution >= 0.6 is 12.6 Å². The summed E-state index contributed by atoms with van der Waals surface area (Å²) in [4.78, 5) is 0.941. The monoisotopic (exact) mass is 156 g/mol. The van der Waals surface area contributed by atoms with Crippen LogP contribution in [0.3, 0.4) is 0 Å². The van der Waals surface area contributed by atoms with Gasteiger partial charge in [0, 0.05) is 0 Å². The molecule has 0 N–H and O–H groups in total. The summed E-state index contributed by atoms with van der Waals surface area (Å²) in [6, 6.07) is 0. The van der Waals surface area contributed by atoms with E-state index in [0.717, 1.165) is 10.7 Å². The zero-order chi connectivity index (χ0) is 7.98. The summed E-state index contributed by atoms with van der Waals surface area (Å²) < 4.78 is 4.91. The lowest BCUT2D eigenvalue weighted by molar-refractivity contribution is 0.307. The van der Waals surface area contributed by atoms with E-state index in [1.54, 1.807) is 13.2 Å². The van der Waals surface area contributed by atoms with E-state index < -0.39 is 0 Å². The van der Waals surface area contributed by atoms with E-state index in [0.29, 0.717) is 0 Å². The number of thiol groups is 1. The molecule has 0 bridgehead atoms. The summed E-state index contributed by atoms with van der Waals surface area (Å²) in [6.07, 6.45) is 5.31. The van der Waals surface area contributed by atoms with Crippen LogP contribution in [-0.4, -0.2) is 7.11 Å². The van der Waals surface area contributed by atoms with Crippen molar-refractivity contribution in [3.8, 4) is 0 Å². The summed E-state index contributed by atoms with van der Waals surface area (Å²) in [6.45, 7) is 5.46. The second kappa shape index (κ2) is 5.18. The lowest BCUT2D eigenvalue weighted by Crippen LogP contribution is -1.78. The molecule has 0 aromatic rings. The number of ether oxygens (including phenoxy) is 1. The second-order valence-corrected chi connectivity index (χ2v) is 2.49. The molecule has 0 radical (unpaired) electrons. The number of hydrogen-bond acceptors (Lipinski definition) is 2. The second-order valence-electron chi connectivity index (χ2n) is 1.79. The Morgan fingerprint density at radius 3 is 2.40 bits per heavy atom. The minimum absolute atomic E-state index is 0.744. The zero-order valence-corrected chi connectivity index (χ0v) is 7.19. The minimum Gasteiger partial charge on any atom is -0.497 e. The molecule has 0 saturated carbocycles. The van der Waals surface area contributed by atoms with Gasteiger partial charge >= 0.3 is 0 Å². The molecule has 56 valence electrons. The van der Waals surface area contributed by atoms with Gasteiger partial charge in [0.05, 0.1) is 7.11 Å². The van der Waals surface area contributed by atoms with Crippen molar-refractivity contribution in [3.05, 3.63) is 35.5 Å². The summed E-state index contributed by atoms with van der Waals surface area (Å²) in [5, 5.41) is 0. The molecule has 0 aromatic heterocycles. The van der Waals surface area contributed by atoms with Gasteiger partial charge in [-0.15, -0.1) is 12.6 Å². The lowest BCUT2D eigenvalue weighted by Gasteiger charge is -1.95. The number of methoxy groups -OCH3 is 1. The smallest absolute Gasteiger partial charge is 0.118 e. The van der Waals surface area contributed by atoms with Gasteiger partial charge in [0.1, 0.15) is 5.76 Å². The molecule has 0 saturated heterocycles. The molecule has 0 atom stereocenters. The van der Waals surface area contributed by atoms with E-state index in [2.05, 4.69) is 19.2 Å². The third kappa shape index (κ3) is 4.27. The van der Waals surface area contributed by atoms with Crippen molar-refractivity contribution in [1.29, 1.82) is 0 Å². The first-order valence-corrected chi connectivity index (χ1v) is 3.39. The predicted octanol–water partition coefficient (Wildman–Crippen LogP) is 2.54. The SMILES string of the molecule is C=C/C(=C\C=C(/C)S)OC. The molecule has 0 spiro atoms. The highest BCUT2D eigenvalue weighted by atomic mass is 32.1. The maximum atomic E-state index is 4.91. The van der Waals surface area contributed by atoms with E-state index in [4.69, 9.17) is 4.74 Å². The Hall–Kier alpha value is -0.630. The first-order chi connectivity index (χ1) is 4.70. The predicted molar refractivity (Wildman–Crippen MR) is 48.0 cm³/mol. The highest BCUT2D eigenvalue weighted by Gasteiger charge is 1.82. The molecule has 0 aliphatic heterocycles. The molecular weight excluding hydrogens is 144 g/mol. The van der Waals surface area contributed by atoms with Crippen molar-refractivity contribution < 1.29 is 4.74 Å². The maximum absolute atomic E-state index is 4.91. The van der Waals surface area contributed by atoms with Crippen LogP contribution in [0.4, 0.5) is 0 Å². The number of allylic oxidation sites excluding steroid dienone is 4. The summed E-state index contributed by atoms with van der Waals surface area (Å²) in [5.74, 6) is 0.744. The van der Waals surface area contributed by atoms with Crippen LogP contribution in [0.2, 0.25) is 0 Å². The third-order valence-corrected chi connectivity index (χ3v) is 1.07. The molecule has 0 rings (SSSR count). The highest BCUT2D eigenvalue weighted by Crippen LogP contribution is 2.01. The summed E-state index contributed by atoms with van der Waals surface area (Å²) in [5.41, 5.74) is 0. The Morgan fingerprint density at radius 1 is 1.50 bits per heavy atom. The van der Waals surface area contributed by atoms with Crippen molar-refractivity contribution in [1.82, 2.24) is 0 Å². The standard InChI is InChI=1S/C8H12OS/c1-4-8(9-3)6-5-7(2)10/h4-6,10H,1H2,2-3H3/b7-5+,8-6+. The van der Waals surface area contributed by atoms with E-state index >= 15 is 0 Å². The van der Waals surface area contributed by atoms with Gasteiger partial charge in [-0.1, -0.05) is 6.58 Å². The summed E-state index contributed by atoms with van der Waals surface area (Å²) >= 11 is 4.08. The number of rotatable bonds is 3. The molecule has 0 aliphatic rings. The first kappa shape index (κ1) is 9.37. The van der Waals surface area contributed by atoms with Crippen LogP contribution in [0.5, 0.6) is 0 Å². The Kier molecular flexibility index (Phi) is 4.85. The van der Waals surface area contributed by atoms with Crippen LogP contribution in [0, 0.1) is 0 Å². The van der Waals surface area contributed by atoms with Gasteiger partial charge in [-0.25, -0.2) is 0 Å². The first-order valence-electron chi connectivity index (χ1n) is 2.94. The fraction of sp³-hybridized carbons (Fsp3) is 0.250. The normalized spacial score (nSPS) is 13.1. The van der Waals surface area contributed by atoms with Crippen molar-refractivity contribution in [3.63, 3.8) is 0 Å². The Morgan fingerprint density at radius 2 is 2.10 bits per heavy atom. The average molecular weight is 156 g/mol. The third-order valence-electron chi connectivity index (χ3n) is 0.926. The van der Waals surface area contributed by atoms with Gasteiger partial charge in [0.25, 0.3) is 0 Å². The van der Waals surface area contributed by atoms with E-state index in [9.17, 15) is 0 Å². The molecule has 0 amide bonds. The van der Waals surface area contributed by atoms with Gasteiger partial charge < -0.3 is 4.74 Å². The molecule has 0 heterocycles. The molecule has 10 heavy (non-hydrogen) atoms. The lowest BCUT2D eigenvalue weighted by atomic mass is 10.4. The van der Waals surface area contributed by atoms with Crippen molar-refractivity contribution in [2.24, 2.45) is 0 Å². The molecule has 1 nitrogen and oxygen atoms in total. The fourth-order valence-corrected chi connectivity index (χ4v) is 0.497. The molecule has 0 aliphatic carbocycles. The fourth-order valence-electron chi connectivity index (χ4n) is 0.422. The molecular formula is C8H12OS. The van der Waals surface area contributed by atoms with Gasteiger partial charge in [-0.05, 0) is 30.1 Å². The van der Waals surface area contributed by atoms with Gasteiger partial charge in [-0.2, -0.15) is 0 Å². The highest BCUT2D eigenvalue weighted by molar-refractivity contribution is 7.84. The van der Waals surface area contributed by atoms with Gasteiger partial charge in [-0.3, -0.25) is 0 Å². The van der Waals surface area contributed by atoms with Crippen LogP contribution in [0.15, 0.2) is 35.5 Å². The summed E-state index contributed by atoms with van der Waals surface area (Å²) in [7, 11) is 1.61. The van der Waals surface area contributed by atoms with Crippen molar-refractivity contribution in [2.45, 2.75) is 6.92 Å². The van der Waals surface area contributed by atoms with Gasteiger partial charge in [0.2, 0.25) is 0 Å². The molecule has 0 aromatic carbocycles. The van der Waals surface area contributed by atoms with Crippen LogP contribution in [-0.2, 0) is 4.74 Å².